The highest BCUT2D eigenvalue weighted by Gasteiger charge is 2.26. The molecule has 5 heteroatoms. The second-order valence-electron chi connectivity index (χ2n) is 6.72. The van der Waals surface area contributed by atoms with Gasteiger partial charge in [-0.1, -0.05) is 60.7 Å². The third-order valence-corrected chi connectivity index (χ3v) is 4.56. The number of ether oxygens (including phenoxy) is 2. The van der Waals surface area contributed by atoms with Gasteiger partial charge in [-0.3, -0.25) is 4.79 Å². The van der Waals surface area contributed by atoms with Crippen LogP contribution in [0.25, 0.3) is 0 Å². The van der Waals surface area contributed by atoms with Crippen molar-refractivity contribution in [2.45, 2.75) is 39.3 Å². The number of hydrogen-bond acceptors (Lipinski definition) is 5. The van der Waals surface area contributed by atoms with Crippen molar-refractivity contribution in [3.63, 3.8) is 0 Å². The molecule has 0 spiro atoms. The zero-order valence-corrected chi connectivity index (χ0v) is 17.2. The minimum absolute atomic E-state index is 0.0131. The minimum atomic E-state index is -1.06. The summed E-state index contributed by atoms with van der Waals surface area (Å²) in [6, 6.07) is 19.3. The zero-order valence-electron chi connectivity index (χ0n) is 17.2. The van der Waals surface area contributed by atoms with Gasteiger partial charge >= 0.3 is 0 Å². The average molecular weight is 398 g/mol. The Morgan fingerprint density at radius 2 is 1.52 bits per heavy atom. The molecule has 2 aromatic rings. The molecule has 0 aliphatic rings. The van der Waals surface area contributed by atoms with Crippen molar-refractivity contribution in [3.8, 4) is 0 Å². The van der Waals surface area contributed by atoms with E-state index in [-0.39, 0.29) is 19.0 Å². The minimum Gasteiger partial charge on any atom is -0.387 e. The third-order valence-electron chi connectivity index (χ3n) is 4.56. The van der Waals surface area contributed by atoms with Crippen molar-refractivity contribution in [1.82, 2.24) is 4.90 Å². The van der Waals surface area contributed by atoms with Gasteiger partial charge in [0.05, 0.1) is 19.8 Å². The fourth-order valence-corrected chi connectivity index (χ4v) is 2.81. The molecule has 29 heavy (non-hydrogen) atoms. The number of aliphatic hydroxyl groups is 1. The Labute approximate surface area is 173 Å². The fourth-order valence-electron chi connectivity index (χ4n) is 2.81. The van der Waals surface area contributed by atoms with Crippen LogP contribution in [-0.4, -0.2) is 47.7 Å². The zero-order chi connectivity index (χ0) is 20.9. The first-order chi connectivity index (χ1) is 14.1. The molecule has 156 valence electrons. The third kappa shape index (κ3) is 8.20. The molecule has 0 unspecified atom stereocenters. The van der Waals surface area contributed by atoms with E-state index >= 15 is 0 Å². The lowest BCUT2D eigenvalue weighted by molar-refractivity contribution is -0.139. The van der Waals surface area contributed by atoms with Crippen LogP contribution in [0.3, 0.4) is 0 Å². The normalized spacial score (nSPS) is 13.3. The summed E-state index contributed by atoms with van der Waals surface area (Å²) >= 11 is 0. The summed E-state index contributed by atoms with van der Waals surface area (Å²) in [5, 5.41) is 10.6. The van der Waals surface area contributed by atoms with Crippen molar-refractivity contribution in [2.24, 2.45) is 0 Å². The van der Waals surface area contributed by atoms with E-state index in [9.17, 15) is 9.90 Å². The largest absolute Gasteiger partial charge is 0.387 e. The second kappa shape index (κ2) is 12.9. The molecule has 0 amide bonds. The Hall–Kier alpha value is -2.47. The molecule has 1 N–H and O–H groups in total. The Balaban J connectivity index is 1.98. The molecule has 0 radical (unpaired) electrons. The summed E-state index contributed by atoms with van der Waals surface area (Å²) < 4.78 is 11.4. The van der Waals surface area contributed by atoms with Crippen molar-refractivity contribution in [3.05, 3.63) is 84.1 Å². The Morgan fingerprint density at radius 3 is 2.07 bits per heavy atom. The van der Waals surface area contributed by atoms with Crippen molar-refractivity contribution in [1.29, 1.82) is 0 Å². The molecule has 0 saturated heterocycles. The fraction of sp³-hybridized carbons (Fsp3) is 0.375. The number of benzene rings is 2. The molecule has 0 saturated carbocycles. The van der Waals surface area contributed by atoms with Gasteiger partial charge in [0.2, 0.25) is 0 Å². The van der Waals surface area contributed by atoms with E-state index in [1.807, 2.05) is 79.4 Å². The van der Waals surface area contributed by atoms with E-state index < -0.39 is 12.2 Å². The van der Waals surface area contributed by atoms with E-state index in [1.165, 1.54) is 6.08 Å². The lowest BCUT2D eigenvalue weighted by Crippen LogP contribution is -2.39. The van der Waals surface area contributed by atoms with Crippen LogP contribution < -0.4 is 0 Å². The van der Waals surface area contributed by atoms with E-state index in [1.54, 1.807) is 6.20 Å². The highest BCUT2D eigenvalue weighted by molar-refractivity contribution is 5.94. The van der Waals surface area contributed by atoms with E-state index in [4.69, 9.17) is 9.47 Å². The van der Waals surface area contributed by atoms with Gasteiger partial charge in [0.15, 0.2) is 5.78 Å². The molecule has 2 rings (SSSR count). The van der Waals surface area contributed by atoms with Gasteiger partial charge in [-0.05, 0) is 31.1 Å². The number of carbonyl (C=O) groups excluding carboxylic acids is 1. The summed E-state index contributed by atoms with van der Waals surface area (Å²) in [6.45, 7) is 6.27. The Kier molecular flexibility index (Phi) is 10.1. The van der Waals surface area contributed by atoms with Crippen LogP contribution in [0.15, 0.2) is 72.9 Å². The smallest absolute Gasteiger partial charge is 0.188 e. The SMILES string of the molecule is CCN(/C=C/C(=O)[C@H](OCc1ccccc1)[C@H](O)COCc1ccccc1)CC. The first kappa shape index (κ1) is 22.8. The van der Waals surface area contributed by atoms with Crippen molar-refractivity contribution >= 4 is 5.78 Å². The number of rotatable bonds is 13. The molecule has 5 nitrogen and oxygen atoms in total. The van der Waals surface area contributed by atoms with Crippen molar-refractivity contribution < 1.29 is 19.4 Å². The number of hydrogen-bond donors (Lipinski definition) is 1. The summed E-state index contributed by atoms with van der Waals surface area (Å²) in [6.07, 6.45) is 1.18. The Morgan fingerprint density at radius 1 is 0.966 bits per heavy atom. The van der Waals surface area contributed by atoms with Crippen LogP contribution in [-0.2, 0) is 27.5 Å². The van der Waals surface area contributed by atoms with E-state index in [0.717, 1.165) is 24.2 Å². The molecule has 0 aromatic heterocycles. The van der Waals surface area contributed by atoms with E-state index in [2.05, 4.69) is 0 Å². The molecule has 0 aliphatic carbocycles. The first-order valence-electron chi connectivity index (χ1n) is 10.0. The maximum absolute atomic E-state index is 12.7. The topological polar surface area (TPSA) is 59.0 Å². The number of aliphatic hydroxyl groups excluding tert-OH is 1. The average Bonchev–Trinajstić information content (AvgIpc) is 2.76. The van der Waals surface area contributed by atoms with Gasteiger partial charge in [0.25, 0.3) is 0 Å². The van der Waals surface area contributed by atoms with Crippen LogP contribution in [0.5, 0.6) is 0 Å². The maximum Gasteiger partial charge on any atom is 0.188 e. The number of ketones is 1. The van der Waals surface area contributed by atoms with Gasteiger partial charge in [-0.15, -0.1) is 0 Å². The van der Waals surface area contributed by atoms with E-state index in [0.29, 0.717) is 6.61 Å². The lowest BCUT2D eigenvalue weighted by atomic mass is 10.1. The second-order valence-corrected chi connectivity index (χ2v) is 6.72. The quantitative estimate of drug-likeness (QED) is 0.524. The molecule has 2 aromatic carbocycles. The van der Waals surface area contributed by atoms with Crippen LogP contribution in [0, 0.1) is 0 Å². The molecule has 0 bridgehead atoms. The monoisotopic (exact) mass is 397 g/mol. The van der Waals surface area contributed by atoms with Crippen LogP contribution in [0.4, 0.5) is 0 Å². The van der Waals surface area contributed by atoms with Crippen LogP contribution >= 0.6 is 0 Å². The Bertz CT molecular complexity index is 729. The van der Waals surface area contributed by atoms with Crippen molar-refractivity contribution in [2.75, 3.05) is 19.7 Å². The number of carbonyl (C=O) groups is 1. The molecular formula is C24H31NO4. The summed E-state index contributed by atoms with van der Waals surface area (Å²) in [4.78, 5) is 14.7. The molecular weight excluding hydrogens is 366 g/mol. The number of nitrogens with zero attached hydrogens (tertiary/aromatic N) is 1. The summed E-state index contributed by atoms with van der Waals surface area (Å²) in [7, 11) is 0. The van der Waals surface area contributed by atoms with Crippen LogP contribution in [0.2, 0.25) is 0 Å². The lowest BCUT2D eigenvalue weighted by Gasteiger charge is -2.22. The first-order valence-corrected chi connectivity index (χ1v) is 10.0. The standard InChI is InChI=1S/C24H31NO4/c1-3-25(4-2)16-15-22(26)24(29-18-21-13-9-6-10-14-21)23(27)19-28-17-20-11-7-5-8-12-20/h5-16,23-24,27H,3-4,17-19H2,1-2H3/b16-15+/t23-,24+/m1/s1. The summed E-state index contributed by atoms with van der Waals surface area (Å²) in [5.41, 5.74) is 1.95. The molecule has 0 fully saturated rings. The molecule has 0 aliphatic heterocycles. The predicted molar refractivity (Wildman–Crippen MR) is 114 cm³/mol. The maximum atomic E-state index is 12.7. The van der Waals surface area contributed by atoms with Gasteiger partial charge in [-0.25, -0.2) is 0 Å². The van der Waals surface area contributed by atoms with Gasteiger partial charge in [-0.2, -0.15) is 0 Å². The van der Waals surface area contributed by atoms with Gasteiger partial charge in [0.1, 0.15) is 12.2 Å². The highest BCUT2D eigenvalue weighted by Crippen LogP contribution is 2.10. The molecule has 2 atom stereocenters. The highest BCUT2D eigenvalue weighted by atomic mass is 16.5. The predicted octanol–water partition coefficient (Wildman–Crippen LogP) is 3.57. The summed E-state index contributed by atoms with van der Waals surface area (Å²) in [5.74, 6) is -0.274. The van der Waals surface area contributed by atoms with Crippen LogP contribution in [0.1, 0.15) is 25.0 Å². The van der Waals surface area contributed by atoms with Gasteiger partial charge < -0.3 is 19.5 Å². The van der Waals surface area contributed by atoms with Gasteiger partial charge in [0, 0.05) is 19.3 Å². The molecule has 0 heterocycles.